The second-order valence-electron chi connectivity index (χ2n) is 7.84. The molecule has 0 bridgehead atoms. The van der Waals surface area contributed by atoms with Crippen LogP contribution in [0.15, 0.2) is 97.6 Å². The van der Waals surface area contributed by atoms with E-state index in [-0.39, 0.29) is 17.8 Å². The van der Waals surface area contributed by atoms with E-state index in [4.69, 9.17) is 0 Å². The molecule has 6 heteroatoms. The van der Waals surface area contributed by atoms with E-state index in [2.05, 4.69) is 15.3 Å². The van der Waals surface area contributed by atoms with Gasteiger partial charge in [0.1, 0.15) is 5.82 Å². The predicted molar refractivity (Wildman–Crippen MR) is 127 cm³/mol. The molecule has 5 nitrogen and oxygen atoms in total. The van der Waals surface area contributed by atoms with Gasteiger partial charge < -0.3 is 9.88 Å². The van der Waals surface area contributed by atoms with Crippen molar-refractivity contribution < 1.29 is 9.18 Å². The van der Waals surface area contributed by atoms with Crippen molar-refractivity contribution in [2.45, 2.75) is 13.0 Å². The zero-order valence-corrected chi connectivity index (χ0v) is 17.9. The number of carbonyl (C=O) groups excluding carboxylic acids is 1. The van der Waals surface area contributed by atoms with Gasteiger partial charge in [0.25, 0.3) is 5.91 Å². The largest absolute Gasteiger partial charge is 0.345 e. The van der Waals surface area contributed by atoms with Crippen LogP contribution in [-0.4, -0.2) is 20.4 Å². The number of nitrogens with zero attached hydrogens (tertiary/aromatic N) is 3. The molecule has 1 unspecified atom stereocenters. The number of nitrogens with one attached hydrogen (secondary N) is 1. The van der Waals surface area contributed by atoms with E-state index in [1.165, 1.54) is 12.1 Å². The maximum Gasteiger partial charge on any atom is 0.252 e. The molecule has 0 spiro atoms. The number of fused-ring (bicyclic) bond motifs is 1. The lowest BCUT2D eigenvalue weighted by Crippen LogP contribution is -2.27. The van der Waals surface area contributed by atoms with Gasteiger partial charge in [0.05, 0.1) is 29.1 Å². The van der Waals surface area contributed by atoms with E-state index in [0.29, 0.717) is 16.8 Å². The van der Waals surface area contributed by atoms with Crippen molar-refractivity contribution in [3.05, 3.63) is 115 Å². The highest BCUT2D eigenvalue weighted by Gasteiger charge is 2.17. The van der Waals surface area contributed by atoms with Crippen LogP contribution in [0, 0.1) is 5.82 Å². The molecule has 162 valence electrons. The fourth-order valence-electron chi connectivity index (χ4n) is 3.84. The monoisotopic (exact) mass is 436 g/mol. The summed E-state index contributed by atoms with van der Waals surface area (Å²) >= 11 is 0. The highest BCUT2D eigenvalue weighted by Crippen LogP contribution is 2.26. The van der Waals surface area contributed by atoms with E-state index >= 15 is 0 Å². The van der Waals surface area contributed by atoms with Crippen LogP contribution in [0.1, 0.15) is 28.9 Å². The lowest BCUT2D eigenvalue weighted by atomic mass is 10.0. The molecular weight excluding hydrogens is 415 g/mol. The lowest BCUT2D eigenvalue weighted by Gasteiger charge is -2.16. The molecule has 0 saturated carbocycles. The minimum atomic E-state index is -0.314. The number of aromatic nitrogens is 3. The highest BCUT2D eigenvalue weighted by molar-refractivity contribution is 6.07. The number of benzene rings is 3. The van der Waals surface area contributed by atoms with Gasteiger partial charge in [-0.15, -0.1) is 0 Å². The Hall–Kier alpha value is -4.32. The topological polar surface area (TPSA) is 59.8 Å². The average Bonchev–Trinajstić information content (AvgIpc) is 3.39. The Morgan fingerprint density at radius 3 is 2.48 bits per heavy atom. The zero-order valence-electron chi connectivity index (χ0n) is 17.9. The Bertz CT molecular complexity index is 1410. The summed E-state index contributed by atoms with van der Waals surface area (Å²) in [6.07, 6.45) is 5.36. The lowest BCUT2D eigenvalue weighted by molar-refractivity contribution is 0.0941. The zero-order chi connectivity index (χ0) is 22.8. The van der Waals surface area contributed by atoms with Gasteiger partial charge in [-0.05, 0) is 61.0 Å². The van der Waals surface area contributed by atoms with Crippen molar-refractivity contribution in [3.63, 3.8) is 0 Å². The molecular formula is C27H21FN4O. The van der Waals surface area contributed by atoms with Crippen LogP contribution in [0.25, 0.3) is 27.8 Å². The van der Waals surface area contributed by atoms with Gasteiger partial charge in [0, 0.05) is 29.0 Å². The van der Waals surface area contributed by atoms with Gasteiger partial charge >= 0.3 is 0 Å². The Kier molecular flexibility index (Phi) is 5.40. The molecule has 0 radical (unpaired) electrons. The fourth-order valence-corrected chi connectivity index (χ4v) is 3.84. The molecule has 5 rings (SSSR count). The molecule has 0 aliphatic heterocycles. The van der Waals surface area contributed by atoms with Gasteiger partial charge in [0.15, 0.2) is 0 Å². The number of rotatable bonds is 5. The van der Waals surface area contributed by atoms with Crippen molar-refractivity contribution in [1.29, 1.82) is 0 Å². The summed E-state index contributed by atoms with van der Waals surface area (Å²) in [7, 11) is 0. The first-order valence-corrected chi connectivity index (χ1v) is 10.6. The van der Waals surface area contributed by atoms with Gasteiger partial charge in [0.2, 0.25) is 0 Å². The second kappa shape index (κ2) is 8.67. The number of carbonyl (C=O) groups is 1. The molecule has 0 aliphatic carbocycles. The molecule has 33 heavy (non-hydrogen) atoms. The minimum Gasteiger partial charge on any atom is -0.345 e. The highest BCUT2D eigenvalue weighted by atomic mass is 19.1. The van der Waals surface area contributed by atoms with E-state index in [0.717, 1.165) is 22.2 Å². The number of halogens is 1. The minimum absolute atomic E-state index is 0.192. The number of para-hydroxylation sites is 1. The van der Waals surface area contributed by atoms with Crippen LogP contribution in [0.3, 0.4) is 0 Å². The number of hydrogen-bond acceptors (Lipinski definition) is 3. The summed E-state index contributed by atoms with van der Waals surface area (Å²) in [6.45, 7) is 1.95. The SMILES string of the molecule is CC(NC(=O)c1cc(-c2ccc(F)cc2)nc2ccccc12)c1ccc(-n2ccnc2)cc1. The van der Waals surface area contributed by atoms with E-state index in [1.807, 2.05) is 66.2 Å². The number of amides is 1. The van der Waals surface area contributed by atoms with Gasteiger partial charge in [-0.3, -0.25) is 4.79 Å². The molecule has 0 aliphatic rings. The number of hydrogen-bond donors (Lipinski definition) is 1. The first-order chi connectivity index (χ1) is 16.1. The van der Waals surface area contributed by atoms with Crippen molar-refractivity contribution >= 4 is 16.8 Å². The van der Waals surface area contributed by atoms with E-state index in [9.17, 15) is 9.18 Å². The second-order valence-corrected chi connectivity index (χ2v) is 7.84. The molecule has 5 aromatic rings. The molecule has 0 fully saturated rings. The molecule has 3 aromatic carbocycles. The quantitative estimate of drug-likeness (QED) is 0.383. The predicted octanol–water partition coefficient (Wildman–Crippen LogP) is 5.72. The van der Waals surface area contributed by atoms with Crippen molar-refractivity contribution in [1.82, 2.24) is 19.9 Å². The van der Waals surface area contributed by atoms with Gasteiger partial charge in [-0.2, -0.15) is 0 Å². The van der Waals surface area contributed by atoms with E-state index < -0.39 is 0 Å². The molecule has 0 saturated heterocycles. The molecule has 1 N–H and O–H groups in total. The summed E-state index contributed by atoms with van der Waals surface area (Å²) in [6, 6.07) is 23.2. The molecule has 2 aromatic heterocycles. The van der Waals surface area contributed by atoms with Crippen LogP contribution in [-0.2, 0) is 0 Å². The Morgan fingerprint density at radius 2 is 1.76 bits per heavy atom. The third-order valence-electron chi connectivity index (χ3n) is 5.64. The third kappa shape index (κ3) is 4.23. The van der Waals surface area contributed by atoms with Crippen molar-refractivity contribution in [3.8, 4) is 16.9 Å². The van der Waals surface area contributed by atoms with Crippen LogP contribution in [0.4, 0.5) is 4.39 Å². The van der Waals surface area contributed by atoms with Gasteiger partial charge in [-0.1, -0.05) is 30.3 Å². The Morgan fingerprint density at radius 1 is 1.00 bits per heavy atom. The average molecular weight is 436 g/mol. The number of imidazole rings is 1. The molecule has 1 atom stereocenters. The van der Waals surface area contributed by atoms with Crippen LogP contribution in [0.2, 0.25) is 0 Å². The van der Waals surface area contributed by atoms with Crippen molar-refractivity contribution in [2.75, 3.05) is 0 Å². The summed E-state index contributed by atoms with van der Waals surface area (Å²) in [5.41, 5.74) is 4.60. The third-order valence-corrected chi connectivity index (χ3v) is 5.64. The maximum absolute atomic E-state index is 13.4. The van der Waals surface area contributed by atoms with Gasteiger partial charge in [-0.25, -0.2) is 14.4 Å². The first kappa shape index (κ1) is 20.6. The van der Waals surface area contributed by atoms with Crippen molar-refractivity contribution in [2.24, 2.45) is 0 Å². The maximum atomic E-state index is 13.4. The molecule has 1 amide bonds. The summed E-state index contributed by atoms with van der Waals surface area (Å²) in [4.78, 5) is 22.1. The Labute approximate surface area is 190 Å². The summed E-state index contributed by atoms with van der Waals surface area (Å²) in [5.74, 6) is -0.506. The van der Waals surface area contributed by atoms with E-state index in [1.54, 1.807) is 30.7 Å². The van der Waals surface area contributed by atoms with Crippen LogP contribution >= 0.6 is 0 Å². The first-order valence-electron chi connectivity index (χ1n) is 10.6. The van der Waals surface area contributed by atoms with Crippen LogP contribution in [0.5, 0.6) is 0 Å². The molecule has 2 heterocycles. The normalized spacial score (nSPS) is 11.9. The summed E-state index contributed by atoms with van der Waals surface area (Å²) in [5, 5.41) is 3.87. The smallest absolute Gasteiger partial charge is 0.252 e. The summed E-state index contributed by atoms with van der Waals surface area (Å²) < 4.78 is 15.3. The fraction of sp³-hybridized carbons (Fsp3) is 0.0741. The van der Waals surface area contributed by atoms with Crippen LogP contribution < -0.4 is 5.32 Å². The number of pyridine rings is 1. The standard InChI is InChI=1S/C27H21FN4O/c1-18(19-8-12-22(13-9-19)32-15-14-29-17-32)30-27(33)24-16-26(20-6-10-21(28)11-7-20)31-25-5-3-2-4-23(24)25/h2-18H,1H3,(H,30,33). The Balaban J connectivity index is 1.44.